The number of nitrogens with zero attached hydrogens (tertiary/aromatic N) is 1. The molecule has 0 atom stereocenters. The Morgan fingerprint density at radius 1 is 1.45 bits per heavy atom. The Bertz CT molecular complexity index is 473. The van der Waals surface area contributed by atoms with E-state index in [2.05, 4.69) is 20.8 Å². The second kappa shape index (κ2) is 7.43. The third kappa shape index (κ3) is 4.21. The minimum atomic E-state index is -0.0474. The average molecular weight is 361 g/mol. The fourth-order valence-electron chi connectivity index (χ4n) is 2.48. The van der Waals surface area contributed by atoms with Crippen LogP contribution in [0, 0.1) is 5.92 Å². The van der Waals surface area contributed by atoms with Crippen LogP contribution in [0.1, 0.15) is 25.3 Å². The summed E-state index contributed by atoms with van der Waals surface area (Å²) in [5.74, 6) is 0.0143. The molecule has 0 saturated carbocycles. The van der Waals surface area contributed by atoms with E-state index in [1.165, 1.54) is 0 Å². The number of carbonyl (C=O) groups is 1. The van der Waals surface area contributed by atoms with E-state index in [1.54, 1.807) is 0 Å². The van der Waals surface area contributed by atoms with Gasteiger partial charge in [0, 0.05) is 16.0 Å². The summed E-state index contributed by atoms with van der Waals surface area (Å²) in [4.78, 5) is 14.0. The molecule has 0 amide bonds. The predicted molar refractivity (Wildman–Crippen MR) is 83.8 cm³/mol. The minimum Gasteiger partial charge on any atom is -0.466 e. The van der Waals surface area contributed by atoms with Crippen molar-refractivity contribution in [2.75, 3.05) is 19.7 Å². The van der Waals surface area contributed by atoms with Crippen molar-refractivity contribution in [3.63, 3.8) is 0 Å². The largest absolute Gasteiger partial charge is 0.466 e. The van der Waals surface area contributed by atoms with Gasteiger partial charge in [-0.1, -0.05) is 33.6 Å². The molecule has 20 heavy (non-hydrogen) atoms. The van der Waals surface area contributed by atoms with Crippen LogP contribution in [0.4, 0.5) is 0 Å². The van der Waals surface area contributed by atoms with Crippen molar-refractivity contribution in [2.24, 2.45) is 5.92 Å². The number of halogens is 2. The lowest BCUT2D eigenvalue weighted by Crippen LogP contribution is -2.36. The van der Waals surface area contributed by atoms with Gasteiger partial charge in [-0.05, 0) is 50.6 Å². The van der Waals surface area contributed by atoms with Crippen LogP contribution < -0.4 is 0 Å². The summed E-state index contributed by atoms with van der Waals surface area (Å²) in [7, 11) is 0. The van der Waals surface area contributed by atoms with Gasteiger partial charge in [0.25, 0.3) is 0 Å². The lowest BCUT2D eigenvalue weighted by Gasteiger charge is -2.31. The molecule has 1 aliphatic heterocycles. The van der Waals surface area contributed by atoms with Crippen molar-refractivity contribution in [3.8, 4) is 0 Å². The summed E-state index contributed by atoms with van der Waals surface area (Å²) < 4.78 is 6.08. The Morgan fingerprint density at radius 2 is 2.15 bits per heavy atom. The van der Waals surface area contributed by atoms with Crippen molar-refractivity contribution < 1.29 is 9.53 Å². The van der Waals surface area contributed by atoms with Crippen molar-refractivity contribution in [1.29, 1.82) is 0 Å². The van der Waals surface area contributed by atoms with E-state index in [4.69, 9.17) is 16.3 Å². The van der Waals surface area contributed by atoms with Crippen LogP contribution in [0.2, 0.25) is 5.02 Å². The number of hydrogen-bond donors (Lipinski definition) is 0. The lowest BCUT2D eigenvalue weighted by molar-refractivity contribution is -0.149. The highest BCUT2D eigenvalue weighted by molar-refractivity contribution is 9.10. The summed E-state index contributed by atoms with van der Waals surface area (Å²) in [5.41, 5.74) is 1.13. The monoisotopic (exact) mass is 359 g/mol. The molecule has 0 aromatic heterocycles. The third-order valence-electron chi connectivity index (χ3n) is 3.62. The molecule has 0 aliphatic carbocycles. The molecule has 0 radical (unpaired) electrons. The molecular formula is C15H19BrClNO2. The van der Waals surface area contributed by atoms with E-state index in [-0.39, 0.29) is 11.9 Å². The molecule has 2 rings (SSSR count). The summed E-state index contributed by atoms with van der Waals surface area (Å²) in [6.45, 7) is 4.98. The second-order valence-corrected chi connectivity index (χ2v) is 6.36. The molecule has 0 bridgehead atoms. The first kappa shape index (κ1) is 15.8. The maximum atomic E-state index is 11.7. The summed E-state index contributed by atoms with van der Waals surface area (Å²) >= 11 is 9.65. The Balaban J connectivity index is 1.86. The van der Waals surface area contributed by atoms with Gasteiger partial charge in [-0.3, -0.25) is 9.69 Å². The van der Waals surface area contributed by atoms with Crippen LogP contribution in [0.15, 0.2) is 22.7 Å². The maximum Gasteiger partial charge on any atom is 0.309 e. The molecule has 110 valence electrons. The van der Waals surface area contributed by atoms with Gasteiger partial charge in [0.05, 0.1) is 12.5 Å². The Kier molecular flexibility index (Phi) is 5.87. The fourth-order valence-corrected chi connectivity index (χ4v) is 3.21. The zero-order valence-electron chi connectivity index (χ0n) is 11.6. The molecule has 1 saturated heterocycles. The van der Waals surface area contributed by atoms with Gasteiger partial charge < -0.3 is 4.74 Å². The molecule has 1 aromatic carbocycles. The molecule has 3 nitrogen and oxygen atoms in total. The van der Waals surface area contributed by atoms with Gasteiger partial charge in [0.1, 0.15) is 0 Å². The number of carbonyl (C=O) groups excluding carboxylic acids is 1. The zero-order valence-corrected chi connectivity index (χ0v) is 13.9. The number of rotatable bonds is 4. The van der Waals surface area contributed by atoms with Gasteiger partial charge >= 0.3 is 5.97 Å². The van der Waals surface area contributed by atoms with E-state index in [1.807, 2.05) is 25.1 Å². The molecule has 0 spiro atoms. The topological polar surface area (TPSA) is 29.5 Å². The Hall–Kier alpha value is -0.580. The predicted octanol–water partition coefficient (Wildman–Crippen LogP) is 3.88. The molecular weight excluding hydrogens is 342 g/mol. The van der Waals surface area contributed by atoms with Crippen molar-refractivity contribution in [3.05, 3.63) is 33.3 Å². The maximum absolute atomic E-state index is 11.7. The van der Waals surface area contributed by atoms with Gasteiger partial charge in [0.2, 0.25) is 0 Å². The van der Waals surface area contributed by atoms with Crippen LogP contribution >= 0.6 is 27.5 Å². The van der Waals surface area contributed by atoms with Gasteiger partial charge in [-0.2, -0.15) is 0 Å². The zero-order chi connectivity index (χ0) is 14.5. The van der Waals surface area contributed by atoms with Crippen molar-refractivity contribution >= 4 is 33.5 Å². The van der Waals surface area contributed by atoms with E-state index in [0.29, 0.717) is 6.61 Å². The van der Waals surface area contributed by atoms with E-state index in [0.717, 1.165) is 47.5 Å². The van der Waals surface area contributed by atoms with Crippen LogP contribution in [0.3, 0.4) is 0 Å². The first-order valence-corrected chi connectivity index (χ1v) is 8.10. The van der Waals surface area contributed by atoms with Crippen LogP contribution in [-0.2, 0) is 16.1 Å². The number of hydrogen-bond acceptors (Lipinski definition) is 3. The number of ether oxygens (including phenoxy) is 1. The molecule has 0 unspecified atom stereocenters. The number of esters is 1. The smallest absolute Gasteiger partial charge is 0.309 e. The normalized spacial score (nSPS) is 17.1. The SMILES string of the molecule is CCOC(=O)C1CCN(Cc2ccc(Br)cc2Cl)CC1. The van der Waals surface area contributed by atoms with Crippen molar-refractivity contribution in [2.45, 2.75) is 26.3 Å². The number of benzene rings is 1. The molecule has 0 N–H and O–H groups in total. The van der Waals surface area contributed by atoms with E-state index >= 15 is 0 Å². The second-order valence-electron chi connectivity index (χ2n) is 5.04. The summed E-state index contributed by atoms with van der Waals surface area (Å²) in [6.07, 6.45) is 1.74. The van der Waals surface area contributed by atoms with E-state index in [9.17, 15) is 4.79 Å². The highest BCUT2D eigenvalue weighted by atomic mass is 79.9. The first-order chi connectivity index (χ1) is 9.60. The van der Waals surface area contributed by atoms with Gasteiger partial charge in [-0.15, -0.1) is 0 Å². The van der Waals surface area contributed by atoms with Crippen molar-refractivity contribution in [1.82, 2.24) is 4.90 Å². The van der Waals surface area contributed by atoms with Crippen LogP contribution in [0.25, 0.3) is 0 Å². The fraction of sp³-hybridized carbons (Fsp3) is 0.533. The third-order valence-corrected chi connectivity index (χ3v) is 4.46. The molecule has 1 aliphatic rings. The van der Waals surface area contributed by atoms with Gasteiger partial charge in [-0.25, -0.2) is 0 Å². The molecule has 1 heterocycles. The summed E-state index contributed by atoms with van der Waals surface area (Å²) in [6, 6.07) is 5.97. The van der Waals surface area contributed by atoms with E-state index < -0.39 is 0 Å². The molecule has 1 fully saturated rings. The van der Waals surface area contributed by atoms with Crippen LogP contribution in [-0.4, -0.2) is 30.6 Å². The number of likely N-dealkylation sites (tertiary alicyclic amines) is 1. The number of piperidine rings is 1. The van der Waals surface area contributed by atoms with Crippen LogP contribution in [0.5, 0.6) is 0 Å². The summed E-state index contributed by atoms with van der Waals surface area (Å²) in [5, 5.41) is 0.784. The van der Waals surface area contributed by atoms with Gasteiger partial charge in [0.15, 0.2) is 0 Å². The Labute approximate surface area is 133 Å². The highest BCUT2D eigenvalue weighted by Crippen LogP contribution is 2.25. The average Bonchev–Trinajstić information content (AvgIpc) is 2.43. The quantitative estimate of drug-likeness (QED) is 0.763. The molecule has 5 heteroatoms. The Morgan fingerprint density at radius 3 is 2.75 bits per heavy atom. The lowest BCUT2D eigenvalue weighted by atomic mass is 9.96. The molecule has 1 aromatic rings. The minimum absolute atomic E-state index is 0.0474. The standard InChI is InChI=1S/C15H19BrClNO2/c1-2-20-15(19)11-5-7-18(8-6-11)10-12-3-4-13(16)9-14(12)17/h3-4,9,11H,2,5-8,10H2,1H3. The first-order valence-electron chi connectivity index (χ1n) is 6.93. The highest BCUT2D eigenvalue weighted by Gasteiger charge is 2.26.